The fourth-order valence-corrected chi connectivity index (χ4v) is 3.29. The van der Waals surface area contributed by atoms with E-state index in [1.165, 1.54) is 12.1 Å². The lowest BCUT2D eigenvalue weighted by Crippen LogP contribution is -2.40. The lowest BCUT2D eigenvalue weighted by Gasteiger charge is -2.42. The van der Waals surface area contributed by atoms with Gasteiger partial charge in [0.15, 0.2) is 0 Å². The number of piperidine rings is 1. The highest BCUT2D eigenvalue weighted by Crippen LogP contribution is 2.40. The first-order valence-corrected chi connectivity index (χ1v) is 7.87. The molecular weight excluding hydrogens is 290 g/mol. The van der Waals surface area contributed by atoms with E-state index in [4.69, 9.17) is 18.0 Å². The molecule has 0 saturated carbocycles. The second-order valence-electron chi connectivity index (χ2n) is 5.85. The lowest BCUT2D eigenvalue weighted by molar-refractivity contribution is 0.198. The summed E-state index contributed by atoms with van der Waals surface area (Å²) in [4.78, 5) is 1.81. The first-order chi connectivity index (χ1) is 9.92. The van der Waals surface area contributed by atoms with Crippen molar-refractivity contribution in [2.75, 3.05) is 18.0 Å². The lowest BCUT2D eigenvalue weighted by atomic mass is 9.74. The van der Waals surface area contributed by atoms with Crippen LogP contribution in [-0.4, -0.2) is 18.1 Å². The molecule has 116 valence electrons. The van der Waals surface area contributed by atoms with Crippen LogP contribution >= 0.6 is 12.2 Å². The van der Waals surface area contributed by atoms with Crippen LogP contribution < -0.4 is 10.6 Å². The molecular formula is C16H22F2N2S. The number of nitrogens with two attached hydrogens (primary N) is 1. The number of thiocarbonyl (C=S) groups is 1. The summed E-state index contributed by atoms with van der Waals surface area (Å²) in [7, 11) is 0. The molecule has 21 heavy (non-hydrogen) atoms. The topological polar surface area (TPSA) is 29.3 Å². The first-order valence-electron chi connectivity index (χ1n) is 7.46. The summed E-state index contributed by atoms with van der Waals surface area (Å²) < 4.78 is 28.4. The minimum absolute atomic E-state index is 0.00831. The quantitative estimate of drug-likeness (QED) is 0.852. The van der Waals surface area contributed by atoms with E-state index in [2.05, 4.69) is 13.8 Å². The number of hydrogen-bond acceptors (Lipinski definition) is 2. The third kappa shape index (κ3) is 3.18. The van der Waals surface area contributed by atoms with Crippen molar-refractivity contribution in [3.8, 4) is 0 Å². The van der Waals surface area contributed by atoms with Crippen LogP contribution in [0.4, 0.5) is 14.5 Å². The zero-order valence-corrected chi connectivity index (χ0v) is 13.4. The van der Waals surface area contributed by atoms with Gasteiger partial charge in [-0.1, -0.05) is 38.9 Å². The molecule has 2 N–H and O–H groups in total. The first kappa shape index (κ1) is 16.1. The Morgan fingerprint density at radius 1 is 1.19 bits per heavy atom. The Bertz CT molecular complexity index is 508. The van der Waals surface area contributed by atoms with E-state index in [0.29, 0.717) is 18.5 Å². The van der Waals surface area contributed by atoms with Gasteiger partial charge in [-0.05, 0) is 30.4 Å². The van der Waals surface area contributed by atoms with Crippen LogP contribution in [-0.2, 0) is 0 Å². The van der Waals surface area contributed by atoms with Gasteiger partial charge in [0.05, 0.1) is 0 Å². The maximum Gasteiger partial charge on any atom is 0.150 e. The Balaban J connectivity index is 2.23. The van der Waals surface area contributed by atoms with Crippen molar-refractivity contribution < 1.29 is 8.78 Å². The molecule has 1 fully saturated rings. The van der Waals surface area contributed by atoms with Crippen molar-refractivity contribution in [3.05, 3.63) is 29.3 Å². The van der Waals surface area contributed by atoms with E-state index in [0.717, 1.165) is 25.7 Å². The molecule has 1 aliphatic heterocycles. The fourth-order valence-electron chi connectivity index (χ4n) is 3.17. The number of halogens is 2. The molecule has 0 aliphatic carbocycles. The Morgan fingerprint density at radius 3 is 2.05 bits per heavy atom. The molecule has 1 aliphatic rings. The van der Waals surface area contributed by atoms with Crippen LogP contribution in [0.25, 0.3) is 0 Å². The third-order valence-electron chi connectivity index (χ3n) is 4.94. The van der Waals surface area contributed by atoms with E-state index >= 15 is 0 Å². The van der Waals surface area contributed by atoms with Crippen molar-refractivity contribution in [3.63, 3.8) is 0 Å². The van der Waals surface area contributed by atoms with Crippen molar-refractivity contribution in [1.82, 2.24) is 0 Å². The molecule has 2 rings (SSSR count). The molecule has 1 aromatic carbocycles. The summed E-state index contributed by atoms with van der Waals surface area (Å²) in [6.07, 6.45) is 4.16. The minimum atomic E-state index is -0.585. The number of nitrogens with zero attached hydrogens (tertiary/aromatic N) is 1. The van der Waals surface area contributed by atoms with Crippen LogP contribution in [0.1, 0.15) is 45.1 Å². The van der Waals surface area contributed by atoms with Gasteiger partial charge in [-0.2, -0.15) is 0 Å². The second-order valence-corrected chi connectivity index (χ2v) is 6.29. The van der Waals surface area contributed by atoms with Crippen molar-refractivity contribution >= 4 is 22.9 Å². The largest absolute Gasteiger partial charge is 0.389 e. The normalized spacial score (nSPS) is 17.8. The molecule has 1 aromatic rings. The Morgan fingerprint density at radius 2 is 1.67 bits per heavy atom. The summed E-state index contributed by atoms with van der Waals surface area (Å²) >= 11 is 4.77. The van der Waals surface area contributed by atoms with Gasteiger partial charge in [0.25, 0.3) is 0 Å². The summed E-state index contributed by atoms with van der Waals surface area (Å²) in [5, 5.41) is 0. The molecule has 2 nitrogen and oxygen atoms in total. The summed E-state index contributed by atoms with van der Waals surface area (Å²) in [6.45, 7) is 5.75. The molecule has 0 radical (unpaired) electrons. The monoisotopic (exact) mass is 312 g/mol. The van der Waals surface area contributed by atoms with E-state index in [1.54, 1.807) is 4.90 Å². The van der Waals surface area contributed by atoms with E-state index in [9.17, 15) is 8.78 Å². The van der Waals surface area contributed by atoms with Crippen molar-refractivity contribution in [2.24, 2.45) is 11.1 Å². The van der Waals surface area contributed by atoms with Gasteiger partial charge in [0.2, 0.25) is 0 Å². The van der Waals surface area contributed by atoms with Crippen LogP contribution in [0.5, 0.6) is 0 Å². The Labute approximate surface area is 130 Å². The van der Waals surface area contributed by atoms with Gasteiger partial charge in [-0.3, -0.25) is 0 Å². The van der Waals surface area contributed by atoms with Gasteiger partial charge in [-0.15, -0.1) is 0 Å². The molecule has 0 amide bonds. The van der Waals surface area contributed by atoms with Crippen molar-refractivity contribution in [1.29, 1.82) is 0 Å². The Hall–Kier alpha value is -1.23. The van der Waals surface area contributed by atoms with Gasteiger partial charge in [0.1, 0.15) is 22.3 Å². The van der Waals surface area contributed by atoms with Gasteiger partial charge in [-0.25, -0.2) is 8.78 Å². The average Bonchev–Trinajstić information content (AvgIpc) is 2.47. The number of hydrogen-bond donors (Lipinski definition) is 1. The van der Waals surface area contributed by atoms with Gasteiger partial charge in [0, 0.05) is 18.7 Å². The van der Waals surface area contributed by atoms with Gasteiger partial charge >= 0.3 is 0 Å². The molecule has 0 unspecified atom stereocenters. The summed E-state index contributed by atoms with van der Waals surface area (Å²) in [5.41, 5.74) is 6.04. The summed E-state index contributed by atoms with van der Waals surface area (Å²) in [6, 6.07) is 2.45. The smallest absolute Gasteiger partial charge is 0.150 e. The second kappa shape index (κ2) is 6.26. The van der Waals surface area contributed by atoms with E-state index in [-0.39, 0.29) is 16.2 Å². The zero-order chi connectivity index (χ0) is 15.6. The maximum atomic E-state index is 14.2. The predicted molar refractivity (Wildman–Crippen MR) is 86.7 cm³/mol. The molecule has 1 saturated heterocycles. The van der Waals surface area contributed by atoms with Gasteiger partial charge < -0.3 is 10.6 Å². The average molecular weight is 312 g/mol. The number of anilines is 1. The summed E-state index contributed by atoms with van der Waals surface area (Å²) in [5.74, 6) is -1.17. The van der Waals surface area contributed by atoms with E-state index < -0.39 is 11.6 Å². The predicted octanol–water partition coefficient (Wildman–Crippen LogP) is 4.01. The number of rotatable bonds is 4. The van der Waals surface area contributed by atoms with Crippen molar-refractivity contribution in [2.45, 2.75) is 39.5 Å². The molecule has 0 bridgehead atoms. The molecule has 1 heterocycles. The molecule has 0 spiro atoms. The van der Waals surface area contributed by atoms with Crippen LogP contribution in [0, 0.1) is 17.0 Å². The Kier molecular flexibility index (Phi) is 4.81. The standard InChI is InChI=1S/C16H22F2N2S/c1-3-16(4-2)5-7-20(8-6-16)14-12(17)9-11(15(19)21)10-13(14)18/h9-10H,3-8H2,1-2H3,(H2,19,21). The van der Waals surface area contributed by atoms with Crippen LogP contribution in [0.2, 0.25) is 0 Å². The van der Waals surface area contributed by atoms with E-state index in [1.807, 2.05) is 0 Å². The highest BCUT2D eigenvalue weighted by atomic mass is 32.1. The SMILES string of the molecule is CCC1(CC)CCN(c2c(F)cc(C(N)=S)cc2F)CC1. The molecule has 5 heteroatoms. The van der Waals surface area contributed by atoms with Crippen LogP contribution in [0.3, 0.4) is 0 Å². The number of benzene rings is 1. The van der Waals surface area contributed by atoms with Crippen LogP contribution in [0.15, 0.2) is 12.1 Å². The molecule has 0 aromatic heterocycles. The highest BCUT2D eigenvalue weighted by Gasteiger charge is 2.33. The zero-order valence-electron chi connectivity index (χ0n) is 12.6. The molecule has 0 atom stereocenters. The third-order valence-corrected chi connectivity index (χ3v) is 5.18. The minimum Gasteiger partial charge on any atom is -0.389 e. The maximum absolute atomic E-state index is 14.2. The highest BCUT2D eigenvalue weighted by molar-refractivity contribution is 7.80. The fraction of sp³-hybridized carbons (Fsp3) is 0.562.